The van der Waals surface area contributed by atoms with Gasteiger partial charge in [-0.25, -0.2) is 0 Å². The molecule has 0 saturated carbocycles. The lowest BCUT2D eigenvalue weighted by Crippen LogP contribution is -2.41. The highest BCUT2D eigenvalue weighted by atomic mass is 16.5. The van der Waals surface area contributed by atoms with E-state index in [0.717, 1.165) is 24.8 Å². The lowest BCUT2D eigenvalue weighted by Gasteiger charge is -2.22. The van der Waals surface area contributed by atoms with Crippen LogP contribution < -0.4 is 10.1 Å². The van der Waals surface area contributed by atoms with Gasteiger partial charge in [0.25, 0.3) is 0 Å². The van der Waals surface area contributed by atoms with Gasteiger partial charge in [0.2, 0.25) is 0 Å². The molecule has 1 fully saturated rings. The number of guanidine groups is 1. The molecule has 1 heterocycles. The highest BCUT2D eigenvalue weighted by Crippen LogP contribution is 2.08. The summed E-state index contributed by atoms with van der Waals surface area (Å²) in [4.78, 5) is 9.04. The number of rotatable bonds is 9. The zero-order chi connectivity index (χ0) is 17.0. The second-order valence-corrected chi connectivity index (χ2v) is 6.31. The number of benzene rings is 1. The maximum absolute atomic E-state index is 5.74. The maximum atomic E-state index is 5.74. The summed E-state index contributed by atoms with van der Waals surface area (Å²) in [6, 6.07) is 9.93. The Morgan fingerprint density at radius 1 is 1.21 bits per heavy atom. The molecule has 0 aliphatic carbocycles. The number of ether oxygens (including phenoxy) is 1. The maximum Gasteiger partial charge on any atom is 0.193 e. The van der Waals surface area contributed by atoms with Gasteiger partial charge < -0.3 is 19.9 Å². The normalized spacial score (nSPS) is 15.5. The third kappa shape index (κ3) is 6.79. The lowest BCUT2D eigenvalue weighted by atomic mass is 10.3. The summed E-state index contributed by atoms with van der Waals surface area (Å²) in [6.07, 6.45) is 5.19. The molecule has 0 atom stereocenters. The molecule has 1 N–H and O–H groups in total. The van der Waals surface area contributed by atoms with Gasteiger partial charge in [0.1, 0.15) is 12.4 Å². The molecular weight excluding hydrogens is 300 g/mol. The Morgan fingerprint density at radius 2 is 1.96 bits per heavy atom. The summed E-state index contributed by atoms with van der Waals surface area (Å²) in [6.45, 7) is 6.25. The largest absolute Gasteiger partial charge is 0.492 e. The number of hydrogen-bond donors (Lipinski definition) is 1. The zero-order valence-electron chi connectivity index (χ0n) is 15.2. The van der Waals surface area contributed by atoms with Crippen LogP contribution in [0.25, 0.3) is 0 Å². The van der Waals surface area contributed by atoms with Crippen molar-refractivity contribution in [3.05, 3.63) is 30.3 Å². The van der Waals surface area contributed by atoms with Gasteiger partial charge in [-0.05, 0) is 57.5 Å². The molecule has 1 aromatic carbocycles. The zero-order valence-corrected chi connectivity index (χ0v) is 15.2. The Labute approximate surface area is 146 Å². The fraction of sp³-hybridized carbons (Fsp3) is 0.632. The average molecular weight is 332 g/mol. The quantitative estimate of drug-likeness (QED) is 0.428. The van der Waals surface area contributed by atoms with Crippen LogP contribution in [0.4, 0.5) is 0 Å². The van der Waals surface area contributed by atoms with Crippen molar-refractivity contribution in [3.8, 4) is 5.75 Å². The van der Waals surface area contributed by atoms with Gasteiger partial charge in [-0.1, -0.05) is 18.2 Å². The van der Waals surface area contributed by atoms with Gasteiger partial charge in [-0.15, -0.1) is 0 Å². The van der Waals surface area contributed by atoms with E-state index in [1.807, 2.05) is 44.4 Å². The Morgan fingerprint density at radius 3 is 2.67 bits per heavy atom. The molecule has 5 nitrogen and oxygen atoms in total. The topological polar surface area (TPSA) is 40.1 Å². The van der Waals surface area contributed by atoms with E-state index in [0.29, 0.717) is 6.61 Å². The standard InChI is InChI=1S/C19H32N4O/c1-20-19(21-12-6-7-13-23-14-8-9-15-23)22(2)16-17-24-18-10-4-3-5-11-18/h3-5,10-11H,6-9,12-17H2,1-2H3,(H,20,21). The summed E-state index contributed by atoms with van der Waals surface area (Å²) < 4.78 is 5.74. The lowest BCUT2D eigenvalue weighted by molar-refractivity contribution is 0.281. The minimum absolute atomic E-state index is 0.649. The molecule has 1 aliphatic rings. The first-order valence-electron chi connectivity index (χ1n) is 9.11. The van der Waals surface area contributed by atoms with Crippen LogP contribution in [0, 0.1) is 0 Å². The van der Waals surface area contributed by atoms with E-state index >= 15 is 0 Å². The molecule has 1 aliphatic heterocycles. The summed E-state index contributed by atoms with van der Waals surface area (Å²) >= 11 is 0. The Bertz CT molecular complexity index is 472. The van der Waals surface area contributed by atoms with Crippen molar-refractivity contribution in [1.29, 1.82) is 0 Å². The second kappa shape index (κ2) is 10.9. The Kier molecular flexibility index (Phi) is 8.46. The summed E-state index contributed by atoms with van der Waals surface area (Å²) in [7, 11) is 3.88. The number of aliphatic imine (C=N–C) groups is 1. The first kappa shape index (κ1) is 18.6. The van der Waals surface area contributed by atoms with E-state index in [9.17, 15) is 0 Å². The average Bonchev–Trinajstić information content (AvgIpc) is 3.12. The number of unbranched alkanes of at least 4 members (excludes halogenated alkanes) is 1. The van der Waals surface area contributed by atoms with Crippen LogP contribution >= 0.6 is 0 Å². The summed E-state index contributed by atoms with van der Waals surface area (Å²) in [5.41, 5.74) is 0. The third-order valence-electron chi connectivity index (χ3n) is 4.39. The molecule has 0 radical (unpaired) electrons. The van der Waals surface area contributed by atoms with E-state index in [4.69, 9.17) is 4.74 Å². The SMILES string of the molecule is CN=C(NCCCCN1CCCC1)N(C)CCOc1ccccc1. The fourth-order valence-electron chi connectivity index (χ4n) is 2.97. The van der Waals surface area contributed by atoms with Crippen molar-refractivity contribution in [2.75, 3.05) is 53.4 Å². The van der Waals surface area contributed by atoms with Crippen LogP contribution in [-0.2, 0) is 0 Å². The van der Waals surface area contributed by atoms with Crippen molar-refractivity contribution in [2.24, 2.45) is 4.99 Å². The first-order chi connectivity index (χ1) is 11.8. The van der Waals surface area contributed by atoms with E-state index < -0.39 is 0 Å². The van der Waals surface area contributed by atoms with Crippen molar-refractivity contribution in [3.63, 3.8) is 0 Å². The van der Waals surface area contributed by atoms with Crippen LogP contribution in [-0.4, -0.2) is 69.2 Å². The fourth-order valence-corrected chi connectivity index (χ4v) is 2.97. The minimum Gasteiger partial charge on any atom is -0.492 e. The predicted octanol–water partition coefficient (Wildman–Crippen LogP) is 2.45. The van der Waals surface area contributed by atoms with Crippen LogP contribution in [0.15, 0.2) is 35.3 Å². The molecule has 0 amide bonds. The smallest absolute Gasteiger partial charge is 0.193 e. The number of hydrogen-bond acceptors (Lipinski definition) is 3. The van der Waals surface area contributed by atoms with Crippen LogP contribution in [0.1, 0.15) is 25.7 Å². The molecule has 1 aromatic rings. The molecule has 0 spiro atoms. The van der Waals surface area contributed by atoms with E-state index in [2.05, 4.69) is 20.1 Å². The van der Waals surface area contributed by atoms with Gasteiger partial charge >= 0.3 is 0 Å². The molecule has 5 heteroatoms. The monoisotopic (exact) mass is 332 g/mol. The highest BCUT2D eigenvalue weighted by Gasteiger charge is 2.10. The molecular formula is C19H32N4O. The summed E-state index contributed by atoms with van der Waals surface area (Å²) in [5.74, 6) is 1.85. The van der Waals surface area contributed by atoms with Crippen LogP contribution in [0.5, 0.6) is 5.75 Å². The van der Waals surface area contributed by atoms with Crippen molar-refractivity contribution in [1.82, 2.24) is 15.1 Å². The first-order valence-corrected chi connectivity index (χ1v) is 9.11. The molecule has 24 heavy (non-hydrogen) atoms. The summed E-state index contributed by atoms with van der Waals surface area (Å²) in [5, 5.41) is 3.45. The van der Waals surface area contributed by atoms with E-state index in [1.165, 1.54) is 45.3 Å². The van der Waals surface area contributed by atoms with Crippen molar-refractivity contribution < 1.29 is 4.74 Å². The molecule has 0 bridgehead atoms. The molecule has 0 aromatic heterocycles. The van der Waals surface area contributed by atoms with Gasteiger partial charge in [-0.2, -0.15) is 0 Å². The number of para-hydroxylation sites is 1. The van der Waals surface area contributed by atoms with Gasteiger partial charge in [0, 0.05) is 20.6 Å². The third-order valence-corrected chi connectivity index (χ3v) is 4.39. The van der Waals surface area contributed by atoms with Crippen LogP contribution in [0.3, 0.4) is 0 Å². The van der Waals surface area contributed by atoms with Crippen molar-refractivity contribution >= 4 is 5.96 Å². The van der Waals surface area contributed by atoms with Gasteiger partial charge in [0.05, 0.1) is 6.54 Å². The van der Waals surface area contributed by atoms with E-state index in [1.54, 1.807) is 0 Å². The highest BCUT2D eigenvalue weighted by molar-refractivity contribution is 5.79. The molecule has 1 saturated heterocycles. The number of nitrogens with zero attached hydrogens (tertiary/aromatic N) is 3. The minimum atomic E-state index is 0.649. The second-order valence-electron chi connectivity index (χ2n) is 6.31. The Balaban J connectivity index is 1.56. The van der Waals surface area contributed by atoms with Crippen molar-refractivity contribution in [2.45, 2.75) is 25.7 Å². The molecule has 0 unspecified atom stereocenters. The van der Waals surface area contributed by atoms with Crippen LogP contribution in [0.2, 0.25) is 0 Å². The number of nitrogens with one attached hydrogen (secondary N) is 1. The Hall–Kier alpha value is -1.75. The predicted molar refractivity (Wildman–Crippen MR) is 101 cm³/mol. The number of likely N-dealkylation sites (tertiary alicyclic amines) is 1. The molecule has 134 valence electrons. The number of likely N-dealkylation sites (N-methyl/N-ethyl adjacent to an activating group) is 1. The van der Waals surface area contributed by atoms with Gasteiger partial charge in [-0.3, -0.25) is 4.99 Å². The molecule has 2 rings (SSSR count). The van der Waals surface area contributed by atoms with E-state index in [-0.39, 0.29) is 0 Å². The van der Waals surface area contributed by atoms with Gasteiger partial charge in [0.15, 0.2) is 5.96 Å².